The van der Waals surface area contributed by atoms with Crippen molar-refractivity contribution in [2.24, 2.45) is 0 Å². The average Bonchev–Trinajstić information content (AvgIpc) is 2.68. The van der Waals surface area contributed by atoms with E-state index in [1.807, 2.05) is 25.1 Å². The Kier molecular flexibility index (Phi) is 5.69. The Morgan fingerprint density at radius 3 is 2.57 bits per heavy atom. The fourth-order valence-corrected chi connectivity index (χ4v) is 2.72. The highest BCUT2D eigenvalue weighted by Crippen LogP contribution is 2.28. The lowest BCUT2D eigenvalue weighted by molar-refractivity contribution is 0.100. The summed E-state index contributed by atoms with van der Waals surface area (Å²) in [7, 11) is 1.61. The fourth-order valence-electron chi connectivity index (χ4n) is 2.72. The number of ether oxygens (including phenoxy) is 1. The van der Waals surface area contributed by atoms with E-state index in [-0.39, 0.29) is 17.4 Å². The molecule has 6 nitrogen and oxygen atoms in total. The van der Waals surface area contributed by atoms with Crippen LogP contribution in [-0.2, 0) is 0 Å². The monoisotopic (exact) mass is 375 g/mol. The summed E-state index contributed by atoms with van der Waals surface area (Å²) in [5, 5.41) is 6.03. The van der Waals surface area contributed by atoms with E-state index in [4.69, 9.17) is 4.74 Å². The molecule has 0 saturated carbocycles. The Morgan fingerprint density at radius 2 is 1.82 bits per heavy atom. The number of Topliss-reactive ketones (excluding diaryl/α,β-unsaturated/α-hetero) is 1. The van der Waals surface area contributed by atoms with E-state index < -0.39 is 0 Å². The molecule has 0 spiro atoms. The van der Waals surface area contributed by atoms with Crippen molar-refractivity contribution in [3.05, 3.63) is 77.6 Å². The van der Waals surface area contributed by atoms with Crippen LogP contribution in [-0.4, -0.2) is 23.8 Å². The summed E-state index contributed by atoms with van der Waals surface area (Å²) in [5.41, 5.74) is 3.92. The minimum Gasteiger partial charge on any atom is -0.495 e. The molecule has 0 aliphatic carbocycles. The van der Waals surface area contributed by atoms with E-state index in [1.54, 1.807) is 49.7 Å². The van der Waals surface area contributed by atoms with Crippen LogP contribution >= 0.6 is 0 Å². The number of benzene rings is 2. The second kappa shape index (κ2) is 8.35. The van der Waals surface area contributed by atoms with Crippen molar-refractivity contribution in [3.8, 4) is 5.75 Å². The van der Waals surface area contributed by atoms with Crippen molar-refractivity contribution in [1.29, 1.82) is 0 Å². The lowest BCUT2D eigenvalue weighted by Gasteiger charge is -2.13. The second-order valence-electron chi connectivity index (χ2n) is 6.35. The van der Waals surface area contributed by atoms with E-state index in [9.17, 15) is 9.59 Å². The molecule has 0 saturated heterocycles. The molecule has 0 unspecified atom stereocenters. The number of aryl methyl sites for hydroxylation is 1. The quantitative estimate of drug-likeness (QED) is 0.616. The van der Waals surface area contributed by atoms with Crippen LogP contribution in [0.2, 0.25) is 0 Å². The molecule has 142 valence electrons. The number of nitrogens with zero attached hydrogens (tertiary/aromatic N) is 1. The molecule has 1 heterocycles. The molecule has 1 amide bonds. The minimum absolute atomic E-state index is 0.0625. The standard InChI is InChI=1S/C22H21N3O3/c1-14-7-8-21(28-3)19(11-14)24-18-9-10-23-20(13-18)22(27)25-17-6-4-5-16(12-17)15(2)26/h4-13H,1-3H3,(H,23,24)(H,25,27). The van der Waals surface area contributed by atoms with Crippen LogP contribution in [0.4, 0.5) is 17.1 Å². The number of carbonyl (C=O) groups is 2. The first-order chi connectivity index (χ1) is 13.5. The summed E-state index contributed by atoms with van der Waals surface area (Å²) < 4.78 is 5.37. The molecule has 2 aromatic carbocycles. The van der Waals surface area contributed by atoms with Crippen LogP contribution in [0.1, 0.15) is 33.3 Å². The number of methoxy groups -OCH3 is 1. The first kappa shape index (κ1) is 19.1. The van der Waals surface area contributed by atoms with E-state index in [0.29, 0.717) is 22.7 Å². The molecule has 2 N–H and O–H groups in total. The topological polar surface area (TPSA) is 80.3 Å². The Hall–Kier alpha value is -3.67. The lowest BCUT2D eigenvalue weighted by Crippen LogP contribution is -2.14. The molecule has 1 aromatic heterocycles. The Balaban J connectivity index is 1.79. The third kappa shape index (κ3) is 4.54. The first-order valence-electron chi connectivity index (χ1n) is 8.76. The number of aromatic nitrogens is 1. The molecule has 0 aliphatic heterocycles. The van der Waals surface area contributed by atoms with E-state index in [2.05, 4.69) is 15.6 Å². The van der Waals surface area contributed by atoms with Gasteiger partial charge in [-0.1, -0.05) is 18.2 Å². The zero-order chi connectivity index (χ0) is 20.1. The average molecular weight is 375 g/mol. The maximum Gasteiger partial charge on any atom is 0.274 e. The van der Waals surface area contributed by atoms with Crippen molar-refractivity contribution < 1.29 is 14.3 Å². The summed E-state index contributed by atoms with van der Waals surface area (Å²) in [4.78, 5) is 28.2. The van der Waals surface area contributed by atoms with Crippen LogP contribution in [0.3, 0.4) is 0 Å². The number of ketones is 1. The summed E-state index contributed by atoms with van der Waals surface area (Å²) in [6.07, 6.45) is 1.56. The van der Waals surface area contributed by atoms with Crippen molar-refractivity contribution in [2.75, 3.05) is 17.7 Å². The molecular formula is C22H21N3O3. The Bertz CT molecular complexity index is 1030. The first-order valence-corrected chi connectivity index (χ1v) is 8.76. The van der Waals surface area contributed by atoms with Crippen LogP contribution < -0.4 is 15.4 Å². The third-order valence-electron chi connectivity index (χ3n) is 4.15. The Labute approximate surface area is 163 Å². The summed E-state index contributed by atoms with van der Waals surface area (Å²) >= 11 is 0. The maximum absolute atomic E-state index is 12.6. The molecule has 28 heavy (non-hydrogen) atoms. The van der Waals surface area contributed by atoms with Gasteiger partial charge in [-0.2, -0.15) is 0 Å². The van der Waals surface area contributed by atoms with Crippen LogP contribution in [0.25, 0.3) is 0 Å². The predicted molar refractivity (Wildman–Crippen MR) is 110 cm³/mol. The van der Waals surface area contributed by atoms with Gasteiger partial charge in [0.1, 0.15) is 11.4 Å². The van der Waals surface area contributed by atoms with Gasteiger partial charge < -0.3 is 15.4 Å². The molecular weight excluding hydrogens is 354 g/mol. The molecule has 0 radical (unpaired) electrons. The highest BCUT2D eigenvalue weighted by atomic mass is 16.5. The third-order valence-corrected chi connectivity index (χ3v) is 4.15. The van der Waals surface area contributed by atoms with Gasteiger partial charge in [0.2, 0.25) is 0 Å². The van der Waals surface area contributed by atoms with Gasteiger partial charge in [-0.3, -0.25) is 14.6 Å². The number of hydrogen-bond donors (Lipinski definition) is 2. The molecule has 3 aromatic rings. The van der Waals surface area contributed by atoms with Crippen LogP contribution in [0, 0.1) is 6.92 Å². The molecule has 3 rings (SSSR count). The number of carbonyl (C=O) groups excluding carboxylic acids is 2. The number of nitrogens with one attached hydrogen (secondary N) is 2. The zero-order valence-corrected chi connectivity index (χ0v) is 15.9. The van der Waals surface area contributed by atoms with Gasteiger partial charge in [0, 0.05) is 23.1 Å². The minimum atomic E-state index is -0.361. The number of anilines is 3. The van der Waals surface area contributed by atoms with Crippen molar-refractivity contribution in [2.45, 2.75) is 13.8 Å². The molecule has 6 heteroatoms. The van der Waals surface area contributed by atoms with Crippen LogP contribution in [0.5, 0.6) is 5.75 Å². The molecule has 0 aliphatic rings. The van der Waals surface area contributed by atoms with Crippen molar-refractivity contribution in [3.63, 3.8) is 0 Å². The molecule has 0 bridgehead atoms. The lowest BCUT2D eigenvalue weighted by atomic mass is 10.1. The Morgan fingerprint density at radius 1 is 1.00 bits per heavy atom. The van der Waals surface area contributed by atoms with Gasteiger partial charge in [-0.05, 0) is 55.8 Å². The SMILES string of the molecule is COc1ccc(C)cc1Nc1ccnc(C(=O)Nc2cccc(C(C)=O)c2)c1. The smallest absolute Gasteiger partial charge is 0.274 e. The summed E-state index contributed by atoms with van der Waals surface area (Å²) in [5.74, 6) is 0.280. The predicted octanol–water partition coefficient (Wildman–Crippen LogP) is 4.60. The fraction of sp³-hybridized carbons (Fsp3) is 0.136. The summed E-state index contributed by atoms with van der Waals surface area (Å²) in [6, 6.07) is 16.0. The molecule has 0 fully saturated rings. The van der Waals surface area contributed by atoms with E-state index >= 15 is 0 Å². The normalized spacial score (nSPS) is 10.2. The van der Waals surface area contributed by atoms with Crippen LogP contribution in [0.15, 0.2) is 60.8 Å². The second-order valence-corrected chi connectivity index (χ2v) is 6.35. The number of hydrogen-bond acceptors (Lipinski definition) is 5. The van der Waals surface area contributed by atoms with E-state index in [1.165, 1.54) is 6.92 Å². The number of amides is 1. The van der Waals surface area contributed by atoms with Gasteiger partial charge in [-0.15, -0.1) is 0 Å². The summed E-state index contributed by atoms with van der Waals surface area (Å²) in [6.45, 7) is 3.47. The van der Waals surface area contributed by atoms with Crippen molar-refractivity contribution >= 4 is 28.8 Å². The van der Waals surface area contributed by atoms with Gasteiger partial charge in [-0.25, -0.2) is 0 Å². The van der Waals surface area contributed by atoms with Gasteiger partial charge >= 0.3 is 0 Å². The highest BCUT2D eigenvalue weighted by molar-refractivity contribution is 6.04. The van der Waals surface area contributed by atoms with Gasteiger partial charge in [0.05, 0.1) is 12.8 Å². The number of rotatable bonds is 6. The van der Waals surface area contributed by atoms with E-state index in [0.717, 1.165) is 11.3 Å². The number of pyridine rings is 1. The maximum atomic E-state index is 12.6. The highest BCUT2D eigenvalue weighted by Gasteiger charge is 2.11. The molecule has 0 atom stereocenters. The van der Waals surface area contributed by atoms with Crippen molar-refractivity contribution in [1.82, 2.24) is 4.98 Å². The van der Waals surface area contributed by atoms with Gasteiger partial charge in [0.25, 0.3) is 5.91 Å². The zero-order valence-electron chi connectivity index (χ0n) is 15.9. The largest absolute Gasteiger partial charge is 0.495 e. The van der Waals surface area contributed by atoms with Gasteiger partial charge in [0.15, 0.2) is 5.78 Å².